The van der Waals surface area contributed by atoms with Crippen LogP contribution in [-0.2, 0) is 0 Å². The van der Waals surface area contributed by atoms with Gasteiger partial charge >= 0.3 is 6.03 Å². The topological polar surface area (TPSA) is 74.2 Å². The lowest BCUT2D eigenvalue weighted by atomic mass is 10.1. The Hall–Kier alpha value is -3.00. The van der Waals surface area contributed by atoms with Gasteiger partial charge in [-0.2, -0.15) is 5.26 Å². The first-order valence-corrected chi connectivity index (χ1v) is 7.75. The zero-order chi connectivity index (χ0) is 17.5. The minimum Gasteiger partial charge on any atom is -0.491 e. The van der Waals surface area contributed by atoms with Crippen molar-refractivity contribution in [3.05, 3.63) is 58.7 Å². The molecule has 0 aliphatic carbocycles. The number of benzene rings is 2. The molecule has 0 radical (unpaired) electrons. The summed E-state index contributed by atoms with van der Waals surface area (Å²) < 4.78 is 5.77. The second-order valence-corrected chi connectivity index (χ2v) is 5.65. The number of nitriles is 1. The van der Waals surface area contributed by atoms with Gasteiger partial charge in [-0.1, -0.05) is 17.7 Å². The number of hydrogen-bond donors (Lipinski definition) is 2. The molecule has 0 saturated heterocycles. The molecule has 0 aromatic heterocycles. The van der Waals surface area contributed by atoms with E-state index in [0.717, 1.165) is 16.9 Å². The van der Waals surface area contributed by atoms with Gasteiger partial charge < -0.3 is 15.4 Å². The average Bonchev–Trinajstić information content (AvgIpc) is 2.54. The summed E-state index contributed by atoms with van der Waals surface area (Å²) in [5.41, 5.74) is 4.58. The second-order valence-electron chi connectivity index (χ2n) is 5.65. The van der Waals surface area contributed by atoms with Crippen molar-refractivity contribution in [3.63, 3.8) is 0 Å². The van der Waals surface area contributed by atoms with Crippen molar-refractivity contribution in [3.8, 4) is 11.8 Å². The van der Waals surface area contributed by atoms with E-state index < -0.39 is 0 Å². The summed E-state index contributed by atoms with van der Waals surface area (Å²) >= 11 is 0. The lowest BCUT2D eigenvalue weighted by molar-refractivity contribution is 0.247. The summed E-state index contributed by atoms with van der Waals surface area (Å²) in [5.74, 6) is 0.870. The van der Waals surface area contributed by atoms with Gasteiger partial charge in [-0.05, 0) is 56.2 Å². The Balaban J connectivity index is 1.78. The molecule has 0 fully saturated rings. The predicted octanol–water partition coefficient (Wildman–Crippen LogP) is 3.68. The molecule has 2 rings (SSSR count). The molecule has 0 spiro atoms. The largest absolute Gasteiger partial charge is 0.491 e. The van der Waals surface area contributed by atoms with Crippen LogP contribution < -0.4 is 15.4 Å². The number of anilines is 1. The van der Waals surface area contributed by atoms with Gasteiger partial charge in [-0.25, -0.2) is 4.79 Å². The highest BCUT2D eigenvalue weighted by Gasteiger charge is 2.06. The number of carbonyl (C=O) groups excluding carboxylic acids is 1. The molecule has 0 aliphatic heterocycles. The Bertz CT molecular complexity index is 738. The van der Waals surface area contributed by atoms with E-state index in [-0.39, 0.29) is 6.03 Å². The Morgan fingerprint density at radius 3 is 2.33 bits per heavy atom. The van der Waals surface area contributed by atoms with Crippen molar-refractivity contribution in [2.24, 2.45) is 0 Å². The molecule has 0 unspecified atom stereocenters. The van der Waals surface area contributed by atoms with E-state index in [1.807, 2.05) is 19.9 Å². The normalized spacial score (nSPS) is 9.92. The standard InChI is InChI=1S/C19H21N3O2/c1-13-10-14(2)18(15(3)11-13)24-9-8-21-19(23)22-17-6-4-16(12-20)5-7-17/h4-7,10-11H,8-9H2,1-3H3,(H2,21,22,23). The van der Waals surface area contributed by atoms with Gasteiger partial charge in [0.2, 0.25) is 0 Å². The SMILES string of the molecule is Cc1cc(C)c(OCCNC(=O)Nc2ccc(C#N)cc2)c(C)c1. The van der Waals surface area contributed by atoms with E-state index in [0.29, 0.717) is 24.4 Å². The van der Waals surface area contributed by atoms with E-state index in [4.69, 9.17) is 10.00 Å². The lowest BCUT2D eigenvalue weighted by Gasteiger charge is -2.13. The smallest absolute Gasteiger partial charge is 0.319 e. The number of nitrogens with one attached hydrogen (secondary N) is 2. The summed E-state index contributed by atoms with van der Waals surface area (Å²) in [5, 5.41) is 14.2. The number of nitrogens with zero attached hydrogens (tertiary/aromatic N) is 1. The summed E-state index contributed by atoms with van der Waals surface area (Å²) in [6, 6.07) is 12.6. The van der Waals surface area contributed by atoms with Crippen LogP contribution in [0, 0.1) is 32.1 Å². The third-order valence-electron chi connectivity index (χ3n) is 3.51. The lowest BCUT2D eigenvalue weighted by Crippen LogP contribution is -2.32. The second kappa shape index (κ2) is 8.02. The van der Waals surface area contributed by atoms with Crippen molar-refractivity contribution in [1.29, 1.82) is 5.26 Å². The van der Waals surface area contributed by atoms with E-state index in [2.05, 4.69) is 29.7 Å². The Morgan fingerprint density at radius 1 is 1.12 bits per heavy atom. The minimum atomic E-state index is -0.305. The fraction of sp³-hybridized carbons (Fsp3) is 0.263. The number of carbonyl (C=O) groups is 1. The van der Waals surface area contributed by atoms with Gasteiger partial charge in [0, 0.05) is 5.69 Å². The van der Waals surface area contributed by atoms with Crippen molar-refractivity contribution in [1.82, 2.24) is 5.32 Å². The molecule has 2 aromatic rings. The van der Waals surface area contributed by atoms with Crippen LogP contribution >= 0.6 is 0 Å². The zero-order valence-electron chi connectivity index (χ0n) is 14.1. The molecule has 124 valence electrons. The van der Waals surface area contributed by atoms with Gasteiger partial charge in [0.15, 0.2) is 0 Å². The molecule has 5 nitrogen and oxygen atoms in total. The summed E-state index contributed by atoms with van der Waals surface area (Å²) in [7, 11) is 0. The van der Waals surface area contributed by atoms with Crippen molar-refractivity contribution in [2.45, 2.75) is 20.8 Å². The number of hydrogen-bond acceptors (Lipinski definition) is 3. The first kappa shape index (κ1) is 17.4. The highest BCUT2D eigenvalue weighted by Crippen LogP contribution is 2.24. The maximum atomic E-state index is 11.8. The van der Waals surface area contributed by atoms with Crippen LogP contribution in [0.25, 0.3) is 0 Å². The molecule has 2 amide bonds. The Labute approximate surface area is 142 Å². The Morgan fingerprint density at radius 2 is 1.75 bits per heavy atom. The van der Waals surface area contributed by atoms with Gasteiger partial charge in [0.1, 0.15) is 12.4 Å². The van der Waals surface area contributed by atoms with E-state index in [1.54, 1.807) is 24.3 Å². The van der Waals surface area contributed by atoms with Crippen LogP contribution in [0.3, 0.4) is 0 Å². The molecule has 0 saturated carbocycles. The summed E-state index contributed by atoms with van der Waals surface area (Å²) in [6.45, 7) is 6.87. The van der Waals surface area contributed by atoms with Crippen molar-refractivity contribution < 1.29 is 9.53 Å². The van der Waals surface area contributed by atoms with Gasteiger partial charge in [-0.3, -0.25) is 0 Å². The van der Waals surface area contributed by atoms with Crippen molar-refractivity contribution in [2.75, 3.05) is 18.5 Å². The first-order valence-electron chi connectivity index (χ1n) is 7.75. The third kappa shape index (κ3) is 4.75. The van der Waals surface area contributed by atoms with Crippen LogP contribution in [-0.4, -0.2) is 19.2 Å². The fourth-order valence-electron chi connectivity index (χ4n) is 2.52. The van der Waals surface area contributed by atoms with E-state index in [1.165, 1.54) is 5.56 Å². The van der Waals surface area contributed by atoms with Gasteiger partial charge in [0.05, 0.1) is 18.2 Å². The molecule has 2 N–H and O–H groups in total. The molecule has 0 bridgehead atoms. The van der Waals surface area contributed by atoms with E-state index >= 15 is 0 Å². The summed E-state index contributed by atoms with van der Waals surface area (Å²) in [4.78, 5) is 11.8. The quantitative estimate of drug-likeness (QED) is 0.824. The molecule has 0 aliphatic rings. The molecular weight excluding hydrogens is 302 g/mol. The molecule has 0 atom stereocenters. The summed E-state index contributed by atoms with van der Waals surface area (Å²) in [6.07, 6.45) is 0. The van der Waals surface area contributed by atoms with Gasteiger partial charge in [-0.15, -0.1) is 0 Å². The highest BCUT2D eigenvalue weighted by molar-refractivity contribution is 5.89. The maximum Gasteiger partial charge on any atom is 0.319 e. The molecule has 2 aromatic carbocycles. The third-order valence-corrected chi connectivity index (χ3v) is 3.51. The predicted molar refractivity (Wildman–Crippen MR) is 94.3 cm³/mol. The van der Waals surface area contributed by atoms with Crippen LogP contribution in [0.1, 0.15) is 22.3 Å². The minimum absolute atomic E-state index is 0.305. The Kier molecular flexibility index (Phi) is 5.80. The van der Waals surface area contributed by atoms with Crippen LogP contribution in [0.4, 0.5) is 10.5 Å². The number of aryl methyl sites for hydroxylation is 3. The molecule has 0 heterocycles. The van der Waals surface area contributed by atoms with Gasteiger partial charge in [0.25, 0.3) is 0 Å². The average molecular weight is 323 g/mol. The number of urea groups is 1. The highest BCUT2D eigenvalue weighted by atomic mass is 16.5. The van der Waals surface area contributed by atoms with Crippen LogP contribution in [0.15, 0.2) is 36.4 Å². The maximum absolute atomic E-state index is 11.8. The first-order chi connectivity index (χ1) is 11.5. The molecule has 24 heavy (non-hydrogen) atoms. The monoisotopic (exact) mass is 323 g/mol. The fourth-order valence-corrected chi connectivity index (χ4v) is 2.52. The number of rotatable bonds is 5. The van der Waals surface area contributed by atoms with Crippen molar-refractivity contribution >= 4 is 11.7 Å². The van der Waals surface area contributed by atoms with E-state index in [9.17, 15) is 4.79 Å². The number of ether oxygens (including phenoxy) is 1. The van der Waals surface area contributed by atoms with Crippen LogP contribution in [0.5, 0.6) is 5.75 Å². The molecular formula is C19H21N3O2. The molecule has 5 heteroatoms. The zero-order valence-corrected chi connectivity index (χ0v) is 14.1. The number of amides is 2. The van der Waals surface area contributed by atoms with Crippen LogP contribution in [0.2, 0.25) is 0 Å².